The number of piperidine rings is 1. The van der Waals surface area contributed by atoms with Crippen LogP contribution in [0.15, 0.2) is 63.8 Å². The van der Waals surface area contributed by atoms with E-state index in [1.807, 2.05) is 24.3 Å². The van der Waals surface area contributed by atoms with Crippen molar-refractivity contribution >= 4 is 34.4 Å². The Hall–Kier alpha value is -3.16. The first-order valence-electron chi connectivity index (χ1n) is 16.2. The highest BCUT2D eigenvalue weighted by atomic mass is 35.5. The first-order chi connectivity index (χ1) is 21.0. The van der Waals surface area contributed by atoms with Crippen molar-refractivity contribution in [2.75, 3.05) is 19.6 Å². The summed E-state index contributed by atoms with van der Waals surface area (Å²) < 4.78 is 5.83. The van der Waals surface area contributed by atoms with E-state index in [2.05, 4.69) is 36.3 Å². The second-order valence-corrected chi connectivity index (χ2v) is 14.2. The maximum absolute atomic E-state index is 13.8. The number of likely N-dealkylation sites (tertiary alicyclic amines) is 1. The zero-order valence-corrected chi connectivity index (χ0v) is 27.1. The molecule has 236 valence electrons. The van der Waals surface area contributed by atoms with Crippen molar-refractivity contribution in [2.24, 2.45) is 11.3 Å². The Morgan fingerprint density at radius 2 is 1.70 bits per heavy atom. The Morgan fingerprint density at radius 3 is 2.39 bits per heavy atom. The number of hydrogen-bond acceptors (Lipinski definition) is 5. The van der Waals surface area contributed by atoms with Crippen LogP contribution in [0.3, 0.4) is 0 Å². The van der Waals surface area contributed by atoms with Crippen LogP contribution < -0.4 is 16.1 Å². The van der Waals surface area contributed by atoms with Gasteiger partial charge in [-0.05, 0) is 108 Å². The SMILES string of the molecule is CC(C)(C)NC(=O)C1(C2CCCCC2)CCN(CC[C@H](Cc2ccc(Cl)cc2)NC(=O)c2cc(=O)c3ccccc3o2)CC1. The minimum absolute atomic E-state index is 0.00917. The summed E-state index contributed by atoms with van der Waals surface area (Å²) >= 11 is 6.13. The van der Waals surface area contributed by atoms with Gasteiger partial charge in [0.1, 0.15) is 5.58 Å². The molecule has 3 aromatic rings. The fourth-order valence-electron chi connectivity index (χ4n) is 7.06. The lowest BCUT2D eigenvalue weighted by atomic mass is 9.63. The van der Waals surface area contributed by atoms with Gasteiger partial charge in [0.05, 0.1) is 10.8 Å². The summed E-state index contributed by atoms with van der Waals surface area (Å²) in [6, 6.07) is 15.7. The quantitative estimate of drug-likeness (QED) is 0.276. The predicted molar refractivity (Wildman–Crippen MR) is 176 cm³/mol. The molecule has 1 saturated heterocycles. The predicted octanol–water partition coefficient (Wildman–Crippen LogP) is 6.75. The molecule has 0 unspecified atom stereocenters. The molecule has 0 bridgehead atoms. The zero-order valence-electron chi connectivity index (χ0n) is 26.3. The van der Waals surface area contributed by atoms with Crippen LogP contribution in [0.5, 0.6) is 0 Å². The van der Waals surface area contributed by atoms with Crippen LogP contribution >= 0.6 is 11.6 Å². The van der Waals surface area contributed by atoms with Crippen LogP contribution in [0.4, 0.5) is 0 Å². The molecule has 2 N–H and O–H groups in total. The molecule has 2 aromatic carbocycles. The van der Waals surface area contributed by atoms with E-state index < -0.39 is 5.91 Å². The second-order valence-electron chi connectivity index (χ2n) is 13.8. The van der Waals surface area contributed by atoms with E-state index in [0.717, 1.165) is 57.3 Å². The first kappa shape index (κ1) is 32.2. The van der Waals surface area contributed by atoms with Crippen molar-refractivity contribution in [1.82, 2.24) is 15.5 Å². The Kier molecular flexibility index (Phi) is 10.2. The van der Waals surface area contributed by atoms with E-state index in [1.54, 1.807) is 24.3 Å². The molecule has 1 saturated carbocycles. The van der Waals surface area contributed by atoms with Gasteiger partial charge in [-0.25, -0.2) is 0 Å². The molecule has 2 amide bonds. The van der Waals surface area contributed by atoms with Crippen LogP contribution in [0.1, 0.15) is 88.3 Å². The average molecular weight is 620 g/mol. The van der Waals surface area contributed by atoms with Gasteiger partial charge < -0.3 is 20.0 Å². The van der Waals surface area contributed by atoms with Crippen molar-refractivity contribution < 1.29 is 14.0 Å². The summed E-state index contributed by atoms with van der Waals surface area (Å²) in [7, 11) is 0. The van der Waals surface area contributed by atoms with Crippen molar-refractivity contribution in [1.29, 1.82) is 0 Å². The van der Waals surface area contributed by atoms with Gasteiger partial charge in [0.25, 0.3) is 5.91 Å². The van der Waals surface area contributed by atoms with E-state index in [4.69, 9.17) is 16.0 Å². The minimum atomic E-state index is -0.402. The molecule has 2 aliphatic rings. The number of halogens is 1. The Morgan fingerprint density at radius 1 is 1.02 bits per heavy atom. The summed E-state index contributed by atoms with van der Waals surface area (Å²) in [5.41, 5.74) is 0.650. The topological polar surface area (TPSA) is 91.7 Å². The molecular weight excluding hydrogens is 574 g/mol. The van der Waals surface area contributed by atoms with Gasteiger partial charge in [0.15, 0.2) is 11.2 Å². The molecule has 1 atom stereocenters. The van der Waals surface area contributed by atoms with Crippen molar-refractivity contribution in [3.8, 4) is 0 Å². The monoisotopic (exact) mass is 619 g/mol. The Balaban J connectivity index is 1.27. The smallest absolute Gasteiger partial charge is 0.287 e. The molecule has 0 spiro atoms. The molecule has 44 heavy (non-hydrogen) atoms. The number of nitrogens with one attached hydrogen (secondary N) is 2. The molecule has 2 heterocycles. The van der Waals surface area contributed by atoms with E-state index in [0.29, 0.717) is 28.3 Å². The highest BCUT2D eigenvalue weighted by Crippen LogP contribution is 2.46. The zero-order chi connectivity index (χ0) is 31.3. The molecule has 7 nitrogen and oxygen atoms in total. The van der Waals surface area contributed by atoms with Gasteiger partial charge in [-0.1, -0.05) is 55.1 Å². The fraction of sp³-hybridized carbons (Fsp3) is 0.528. The lowest BCUT2D eigenvalue weighted by molar-refractivity contribution is -0.141. The molecule has 2 fully saturated rings. The van der Waals surface area contributed by atoms with Crippen molar-refractivity contribution in [3.63, 3.8) is 0 Å². The standard InChI is InChI=1S/C36H46ClN3O4/c1-35(2,3)39-34(43)36(26-9-5-4-6-10-26)18-21-40(22-19-36)20-17-28(23-25-13-15-27(37)16-14-25)38-33(42)32-24-30(41)29-11-7-8-12-31(29)44-32/h7-8,11-16,24,26,28H,4-6,9-10,17-23H2,1-3H3,(H,38,42)(H,39,43)/t28-/m1/s1. The van der Waals surface area contributed by atoms with Crippen LogP contribution in [-0.2, 0) is 11.2 Å². The molecule has 1 aliphatic heterocycles. The first-order valence-corrected chi connectivity index (χ1v) is 16.5. The summed E-state index contributed by atoms with van der Waals surface area (Å²) in [4.78, 5) is 42.2. The van der Waals surface area contributed by atoms with Gasteiger partial charge in [0, 0.05) is 29.2 Å². The third-order valence-electron chi connectivity index (χ3n) is 9.46. The molecular formula is C36H46ClN3O4. The van der Waals surface area contributed by atoms with Gasteiger partial charge in [0.2, 0.25) is 5.91 Å². The summed E-state index contributed by atoms with van der Waals surface area (Å²) in [6.45, 7) is 8.69. The number of rotatable bonds is 9. The minimum Gasteiger partial charge on any atom is -0.451 e. The highest BCUT2D eigenvalue weighted by molar-refractivity contribution is 6.30. The lowest BCUT2D eigenvalue weighted by Gasteiger charge is -2.47. The van der Waals surface area contributed by atoms with Gasteiger partial charge in [-0.15, -0.1) is 0 Å². The molecule has 5 rings (SSSR count). The number of benzene rings is 2. The number of carbonyl (C=O) groups excluding carboxylic acids is 2. The van der Waals surface area contributed by atoms with E-state index in [9.17, 15) is 14.4 Å². The van der Waals surface area contributed by atoms with Gasteiger partial charge in [-0.3, -0.25) is 14.4 Å². The van der Waals surface area contributed by atoms with Crippen molar-refractivity contribution in [3.05, 3.63) is 81.2 Å². The van der Waals surface area contributed by atoms with Gasteiger partial charge >= 0.3 is 0 Å². The summed E-state index contributed by atoms with van der Waals surface area (Å²) in [5, 5.41) is 7.59. The van der Waals surface area contributed by atoms with E-state index >= 15 is 0 Å². The van der Waals surface area contributed by atoms with Crippen LogP contribution in [0.2, 0.25) is 5.02 Å². The number of nitrogens with zero attached hydrogens (tertiary/aromatic N) is 1. The fourth-order valence-corrected chi connectivity index (χ4v) is 7.18. The number of fused-ring (bicyclic) bond motifs is 1. The van der Waals surface area contributed by atoms with Gasteiger partial charge in [-0.2, -0.15) is 0 Å². The normalized spacial score (nSPS) is 18.5. The Labute approximate surface area is 265 Å². The number of hydrogen-bond donors (Lipinski definition) is 2. The number of carbonyl (C=O) groups is 2. The van der Waals surface area contributed by atoms with E-state index in [1.165, 1.54) is 25.3 Å². The van der Waals surface area contributed by atoms with Crippen molar-refractivity contribution in [2.45, 2.75) is 90.1 Å². The lowest BCUT2D eigenvalue weighted by Crippen LogP contribution is -2.56. The number of para-hydroxylation sites is 1. The maximum Gasteiger partial charge on any atom is 0.287 e. The van der Waals surface area contributed by atoms with Crippen LogP contribution in [0.25, 0.3) is 11.0 Å². The third kappa shape index (κ3) is 7.91. The summed E-state index contributed by atoms with van der Waals surface area (Å²) in [5.74, 6) is 0.270. The highest BCUT2D eigenvalue weighted by Gasteiger charge is 2.48. The van der Waals surface area contributed by atoms with E-state index in [-0.39, 0.29) is 34.1 Å². The largest absolute Gasteiger partial charge is 0.451 e. The third-order valence-corrected chi connectivity index (χ3v) is 9.71. The molecule has 0 radical (unpaired) electrons. The van der Waals surface area contributed by atoms with Crippen LogP contribution in [-0.4, -0.2) is 47.9 Å². The van der Waals surface area contributed by atoms with Crippen LogP contribution in [0, 0.1) is 11.3 Å². The molecule has 1 aromatic heterocycles. The second kappa shape index (κ2) is 13.9. The number of amides is 2. The Bertz CT molecular complexity index is 1500. The molecule has 8 heteroatoms. The average Bonchev–Trinajstić information content (AvgIpc) is 3.01. The summed E-state index contributed by atoms with van der Waals surface area (Å²) in [6.07, 6.45) is 9.01. The maximum atomic E-state index is 13.8. The molecule has 1 aliphatic carbocycles.